The largest absolute Gasteiger partial charge is 0.502 e. The number of phosphoric acid groups is 1. The minimum atomic E-state index is -3.65. The van der Waals surface area contributed by atoms with Gasteiger partial charge in [-0.2, -0.15) is 0 Å². The average Bonchev–Trinajstić information content (AvgIpc) is 2.11. The molecule has 0 aliphatic rings. The van der Waals surface area contributed by atoms with Gasteiger partial charge in [-0.25, -0.2) is 9.45 Å². The summed E-state index contributed by atoms with van der Waals surface area (Å²) in [5, 5.41) is 0. The Labute approximate surface area is 110 Å². The van der Waals surface area contributed by atoms with Crippen LogP contribution < -0.4 is 0 Å². The molecule has 0 amide bonds. The Bertz CT molecular complexity index is 275. The highest BCUT2D eigenvalue weighted by Gasteiger charge is 2.31. The molecular formula is C11H27NO5P+. The fraction of sp³-hybridized carbons (Fsp3) is 1.00. The number of phosphoric ester groups is 1. The van der Waals surface area contributed by atoms with E-state index in [1.165, 1.54) is 0 Å². The summed E-state index contributed by atoms with van der Waals surface area (Å²) in [5.74, 6) is 0. The Kier molecular flexibility index (Phi) is 7.59. The molecule has 0 N–H and O–H groups in total. The fourth-order valence-electron chi connectivity index (χ4n) is 0.893. The van der Waals surface area contributed by atoms with Gasteiger partial charge in [0.25, 0.3) is 0 Å². The van der Waals surface area contributed by atoms with Crippen molar-refractivity contribution in [1.29, 1.82) is 0 Å². The summed E-state index contributed by atoms with van der Waals surface area (Å²) in [6, 6.07) is 0. The molecule has 0 aromatic rings. The fourth-order valence-corrected chi connectivity index (χ4v) is 2.13. The highest BCUT2D eigenvalue weighted by Crippen LogP contribution is 2.50. The van der Waals surface area contributed by atoms with Crippen molar-refractivity contribution < 1.29 is 27.7 Å². The van der Waals surface area contributed by atoms with Gasteiger partial charge in [0.05, 0.1) is 33.4 Å². The Morgan fingerprint density at radius 3 is 2.00 bits per heavy atom. The minimum absolute atomic E-state index is 0.212. The van der Waals surface area contributed by atoms with Crippen LogP contribution in [0, 0.1) is 0 Å². The van der Waals surface area contributed by atoms with Gasteiger partial charge >= 0.3 is 7.82 Å². The number of hydrogen-bond acceptors (Lipinski definition) is 5. The van der Waals surface area contributed by atoms with E-state index in [4.69, 9.17) is 18.6 Å². The van der Waals surface area contributed by atoms with Gasteiger partial charge in [-0.1, -0.05) is 0 Å². The van der Waals surface area contributed by atoms with E-state index >= 15 is 0 Å². The molecule has 0 spiro atoms. The van der Waals surface area contributed by atoms with Crippen molar-refractivity contribution in [1.82, 2.24) is 0 Å². The van der Waals surface area contributed by atoms with Crippen LogP contribution >= 0.6 is 7.82 Å². The quantitative estimate of drug-likeness (QED) is 0.282. The van der Waals surface area contributed by atoms with Crippen molar-refractivity contribution in [2.45, 2.75) is 39.9 Å². The predicted octanol–water partition coefficient (Wildman–Crippen LogP) is 2.60. The molecule has 1 unspecified atom stereocenters. The van der Waals surface area contributed by atoms with Crippen molar-refractivity contribution in [3.05, 3.63) is 0 Å². The number of likely N-dealkylation sites (N-methyl/N-ethyl adjacent to an activating group) is 1. The molecule has 0 fully saturated rings. The summed E-state index contributed by atoms with van der Waals surface area (Å²) in [4.78, 5) is 4.87. The second-order valence-corrected chi connectivity index (χ2v) is 7.18. The predicted molar refractivity (Wildman–Crippen MR) is 70.0 cm³/mol. The number of quaternary nitrogens is 1. The Morgan fingerprint density at radius 2 is 1.61 bits per heavy atom. The molecule has 0 aliphatic carbocycles. The second-order valence-electron chi connectivity index (χ2n) is 5.67. The van der Waals surface area contributed by atoms with E-state index in [0.29, 0.717) is 11.0 Å². The number of rotatable bonds is 9. The van der Waals surface area contributed by atoms with Crippen molar-refractivity contribution >= 4 is 7.82 Å². The second kappa shape index (κ2) is 7.58. The van der Waals surface area contributed by atoms with Crippen LogP contribution in [0.15, 0.2) is 0 Å². The Balaban J connectivity index is 4.34. The van der Waals surface area contributed by atoms with Crippen LogP contribution in [0.5, 0.6) is 0 Å². The molecule has 1 atom stereocenters. The lowest BCUT2D eigenvalue weighted by Gasteiger charge is -2.25. The van der Waals surface area contributed by atoms with Gasteiger partial charge in [0.2, 0.25) is 0 Å². The van der Waals surface area contributed by atoms with E-state index in [1.54, 1.807) is 27.7 Å². The third kappa shape index (κ3) is 10.00. The normalized spacial score (nSPS) is 16.3. The van der Waals surface area contributed by atoms with Crippen molar-refractivity contribution in [2.24, 2.45) is 0 Å². The molecule has 0 aliphatic heterocycles. The molecule has 0 radical (unpaired) electrons. The van der Waals surface area contributed by atoms with Gasteiger partial charge in [-0.3, -0.25) is 9.05 Å². The molecule has 110 valence electrons. The van der Waals surface area contributed by atoms with E-state index in [9.17, 15) is 4.57 Å². The zero-order valence-corrected chi connectivity index (χ0v) is 13.4. The van der Waals surface area contributed by atoms with Crippen LogP contribution in [0.2, 0.25) is 0 Å². The van der Waals surface area contributed by atoms with E-state index in [2.05, 4.69) is 0 Å². The molecule has 6 nitrogen and oxygen atoms in total. The van der Waals surface area contributed by atoms with Crippen molar-refractivity contribution in [3.8, 4) is 0 Å². The van der Waals surface area contributed by atoms with Gasteiger partial charge in [0, 0.05) is 0 Å². The molecule has 7 heteroatoms. The topological polar surface area (TPSA) is 54.0 Å². The lowest BCUT2D eigenvalue weighted by Crippen LogP contribution is -2.37. The summed E-state index contributed by atoms with van der Waals surface area (Å²) >= 11 is 0. The van der Waals surface area contributed by atoms with Crippen LogP contribution in [0.3, 0.4) is 0 Å². The molecule has 0 heterocycles. The van der Waals surface area contributed by atoms with E-state index < -0.39 is 7.82 Å². The summed E-state index contributed by atoms with van der Waals surface area (Å²) < 4.78 is 28.2. The number of hydrogen-bond donors (Lipinski definition) is 0. The van der Waals surface area contributed by atoms with Crippen LogP contribution in [-0.4, -0.2) is 51.0 Å². The van der Waals surface area contributed by atoms with Gasteiger partial charge in [0.15, 0.2) is 0 Å². The summed E-state index contributed by atoms with van der Waals surface area (Å²) in [6.45, 7) is 8.02. The molecule has 0 saturated heterocycles. The maximum atomic E-state index is 12.2. The van der Waals surface area contributed by atoms with Crippen LogP contribution in [0.1, 0.15) is 27.7 Å². The molecule has 0 rings (SSSR count). The van der Waals surface area contributed by atoms with Gasteiger partial charge in [0.1, 0.15) is 13.2 Å². The van der Waals surface area contributed by atoms with E-state index in [0.717, 1.165) is 0 Å². The maximum Gasteiger partial charge on any atom is 0.502 e. The first-order valence-corrected chi connectivity index (χ1v) is 7.58. The SMILES string of the molecule is CC(C)OOP(=O)(OCC[N+](C)(C)C)OC(C)C. The molecule has 0 aromatic carbocycles. The molecule has 0 saturated carbocycles. The van der Waals surface area contributed by atoms with Crippen molar-refractivity contribution in [2.75, 3.05) is 34.3 Å². The molecule has 0 bridgehead atoms. The van der Waals surface area contributed by atoms with Crippen molar-refractivity contribution in [3.63, 3.8) is 0 Å². The highest BCUT2D eigenvalue weighted by molar-refractivity contribution is 7.48. The monoisotopic (exact) mass is 284 g/mol. The lowest BCUT2D eigenvalue weighted by atomic mass is 10.5. The average molecular weight is 284 g/mol. The molecule has 18 heavy (non-hydrogen) atoms. The van der Waals surface area contributed by atoms with E-state index in [-0.39, 0.29) is 18.8 Å². The first kappa shape index (κ1) is 18.0. The van der Waals surface area contributed by atoms with Crippen LogP contribution in [0.4, 0.5) is 0 Å². The third-order valence-corrected chi connectivity index (χ3v) is 3.13. The smallest absolute Gasteiger partial charge is 0.329 e. The van der Waals surface area contributed by atoms with Gasteiger partial charge in [-0.05, 0) is 27.7 Å². The third-order valence-electron chi connectivity index (χ3n) is 1.68. The summed E-state index contributed by atoms with van der Waals surface area (Å²) in [7, 11) is 2.40. The summed E-state index contributed by atoms with van der Waals surface area (Å²) in [6.07, 6.45) is -0.480. The Morgan fingerprint density at radius 1 is 1.06 bits per heavy atom. The number of nitrogens with zero attached hydrogens (tertiary/aromatic N) is 1. The first-order chi connectivity index (χ1) is 8.04. The summed E-state index contributed by atoms with van der Waals surface area (Å²) in [5.41, 5.74) is 0. The standard InChI is InChI=1S/C11H27NO5P/c1-10(2)15-17-18(13,16-11(3)4)14-9-8-12(5,6)7/h10-11H,8-9H2,1-7H3/q+1. The maximum absolute atomic E-state index is 12.2. The van der Waals surface area contributed by atoms with Crippen LogP contribution in [-0.2, 0) is 23.2 Å². The zero-order chi connectivity index (χ0) is 14.4. The molecular weight excluding hydrogens is 257 g/mol. The van der Waals surface area contributed by atoms with Crippen LogP contribution in [0.25, 0.3) is 0 Å². The highest BCUT2D eigenvalue weighted by atomic mass is 31.2. The van der Waals surface area contributed by atoms with Gasteiger partial charge in [-0.15, -0.1) is 4.67 Å². The van der Waals surface area contributed by atoms with Gasteiger partial charge < -0.3 is 4.48 Å². The molecule has 0 aromatic heterocycles. The first-order valence-electron chi connectivity index (χ1n) is 6.12. The minimum Gasteiger partial charge on any atom is -0.329 e. The lowest BCUT2D eigenvalue weighted by molar-refractivity contribution is -0.870. The van der Waals surface area contributed by atoms with E-state index in [1.807, 2.05) is 21.1 Å². The Hall–Kier alpha value is 0.0300. The zero-order valence-electron chi connectivity index (χ0n) is 12.5.